The van der Waals surface area contributed by atoms with Gasteiger partial charge in [-0.15, -0.1) is 0 Å². The second-order valence-corrected chi connectivity index (χ2v) is 5.99. The van der Waals surface area contributed by atoms with Gasteiger partial charge in [0, 0.05) is 0 Å². The van der Waals surface area contributed by atoms with Gasteiger partial charge in [0.05, 0.1) is 15.9 Å². The van der Waals surface area contributed by atoms with Crippen LogP contribution in [-0.4, -0.2) is 15.7 Å². The summed E-state index contributed by atoms with van der Waals surface area (Å²) in [7, 11) is 0. The van der Waals surface area contributed by atoms with Crippen LogP contribution in [0.4, 0.5) is 36.4 Å². The Bertz CT molecular complexity index is 863. The quantitative estimate of drug-likeness (QED) is 0.557. The SMILES string of the molecule is Cc1nn(CC(=O)Nc2c(F)c(F)c(C(F)(F)F)c(F)c2F)c(C)c1Br. The normalized spacial score (nSPS) is 11.8. The molecular formula is C14H9BrF7N3O. The van der Waals surface area contributed by atoms with E-state index in [2.05, 4.69) is 21.0 Å². The van der Waals surface area contributed by atoms with Gasteiger partial charge in [0.2, 0.25) is 5.91 Å². The Labute approximate surface area is 150 Å². The molecule has 0 aliphatic heterocycles. The number of nitrogens with one attached hydrogen (secondary N) is 1. The number of hydrogen-bond donors (Lipinski definition) is 1. The maximum absolute atomic E-state index is 13.8. The predicted octanol–water partition coefficient (Wildman–Crippen LogP) is 4.48. The maximum Gasteiger partial charge on any atom is 0.422 e. The molecule has 1 N–H and O–H groups in total. The van der Waals surface area contributed by atoms with E-state index in [1.807, 2.05) is 0 Å². The van der Waals surface area contributed by atoms with Crippen LogP contribution in [0.5, 0.6) is 0 Å². The predicted molar refractivity (Wildman–Crippen MR) is 79.3 cm³/mol. The van der Waals surface area contributed by atoms with Crippen molar-refractivity contribution in [3.8, 4) is 0 Å². The third-order valence-corrected chi connectivity index (χ3v) is 4.55. The lowest BCUT2D eigenvalue weighted by Gasteiger charge is -2.14. The molecule has 0 fully saturated rings. The summed E-state index contributed by atoms with van der Waals surface area (Å²) in [5.74, 6) is -11.2. The minimum Gasteiger partial charge on any atom is -0.319 e. The molecule has 0 bridgehead atoms. The third-order valence-electron chi connectivity index (χ3n) is 3.40. The molecule has 0 aliphatic rings. The van der Waals surface area contributed by atoms with Crippen molar-refractivity contribution in [3.63, 3.8) is 0 Å². The van der Waals surface area contributed by atoms with E-state index in [9.17, 15) is 35.5 Å². The fraction of sp³-hybridized carbons (Fsp3) is 0.286. The number of anilines is 1. The standard InChI is InChI=1S/C14H9BrF7N3O/c1-4-8(15)5(2)25(24-4)3-6(26)23-13-11(18)9(16)7(14(20,21)22)10(17)12(13)19/h3H2,1-2H3,(H,23,26). The van der Waals surface area contributed by atoms with Crippen LogP contribution in [0.25, 0.3) is 0 Å². The molecule has 0 atom stereocenters. The van der Waals surface area contributed by atoms with E-state index in [0.717, 1.165) is 4.68 Å². The van der Waals surface area contributed by atoms with E-state index in [1.54, 1.807) is 13.8 Å². The fourth-order valence-electron chi connectivity index (χ4n) is 2.13. The molecule has 1 aromatic heterocycles. The molecular weight excluding hydrogens is 439 g/mol. The van der Waals surface area contributed by atoms with Crippen molar-refractivity contribution in [1.29, 1.82) is 0 Å². The van der Waals surface area contributed by atoms with Crippen LogP contribution >= 0.6 is 15.9 Å². The minimum absolute atomic E-state index is 0.475. The van der Waals surface area contributed by atoms with Crippen molar-refractivity contribution in [2.45, 2.75) is 26.6 Å². The zero-order valence-corrected chi connectivity index (χ0v) is 14.6. The maximum atomic E-state index is 13.8. The van der Waals surface area contributed by atoms with Gasteiger partial charge in [-0.1, -0.05) is 0 Å². The van der Waals surface area contributed by atoms with Crippen LogP contribution in [0, 0.1) is 37.1 Å². The number of carbonyl (C=O) groups excluding carboxylic acids is 1. The average Bonchev–Trinajstić information content (AvgIpc) is 2.75. The lowest BCUT2D eigenvalue weighted by molar-refractivity contribution is -0.143. The summed E-state index contributed by atoms with van der Waals surface area (Å²) in [6.07, 6.45) is -5.66. The van der Waals surface area contributed by atoms with Crippen LogP contribution in [0.15, 0.2) is 4.47 Å². The van der Waals surface area contributed by atoms with Gasteiger partial charge in [-0.25, -0.2) is 17.6 Å². The fourth-order valence-corrected chi connectivity index (χ4v) is 2.42. The number of halogens is 8. The van der Waals surface area contributed by atoms with Crippen molar-refractivity contribution in [3.05, 3.63) is 44.7 Å². The zero-order chi connectivity index (χ0) is 20.0. The van der Waals surface area contributed by atoms with Crippen molar-refractivity contribution >= 4 is 27.5 Å². The van der Waals surface area contributed by atoms with E-state index in [-0.39, 0.29) is 0 Å². The molecule has 0 saturated carbocycles. The third kappa shape index (κ3) is 3.55. The first-order valence-electron chi connectivity index (χ1n) is 6.78. The molecule has 0 saturated heterocycles. The number of rotatable bonds is 3. The molecule has 12 heteroatoms. The summed E-state index contributed by atoms with van der Waals surface area (Å²) in [6, 6.07) is 0. The highest BCUT2D eigenvalue weighted by Gasteiger charge is 2.42. The molecule has 0 radical (unpaired) electrons. The highest BCUT2D eigenvalue weighted by atomic mass is 79.9. The highest BCUT2D eigenvalue weighted by molar-refractivity contribution is 9.10. The summed E-state index contributed by atoms with van der Waals surface area (Å²) in [4.78, 5) is 11.9. The van der Waals surface area contributed by atoms with Crippen molar-refractivity contribution in [2.75, 3.05) is 5.32 Å². The zero-order valence-electron chi connectivity index (χ0n) is 13.0. The van der Waals surface area contributed by atoms with Gasteiger partial charge in [-0.2, -0.15) is 18.3 Å². The van der Waals surface area contributed by atoms with Crippen LogP contribution < -0.4 is 5.32 Å². The molecule has 4 nitrogen and oxygen atoms in total. The Morgan fingerprint density at radius 1 is 1.08 bits per heavy atom. The first-order chi connectivity index (χ1) is 11.9. The van der Waals surface area contributed by atoms with Crippen molar-refractivity contribution in [1.82, 2.24) is 9.78 Å². The number of hydrogen-bond acceptors (Lipinski definition) is 2. The molecule has 0 unspecified atom stereocenters. The molecule has 2 aromatic rings. The molecule has 1 aromatic carbocycles. The lowest BCUT2D eigenvalue weighted by Crippen LogP contribution is -2.24. The molecule has 0 aliphatic carbocycles. The first-order valence-corrected chi connectivity index (χ1v) is 7.58. The number of aryl methyl sites for hydroxylation is 1. The lowest BCUT2D eigenvalue weighted by atomic mass is 10.1. The second-order valence-electron chi connectivity index (χ2n) is 5.19. The molecule has 26 heavy (non-hydrogen) atoms. The van der Waals surface area contributed by atoms with Crippen LogP contribution in [0.3, 0.4) is 0 Å². The molecule has 142 valence electrons. The summed E-state index contributed by atoms with van der Waals surface area (Å²) in [6.45, 7) is 2.57. The van der Waals surface area contributed by atoms with Gasteiger partial charge in [0.1, 0.15) is 17.8 Å². The van der Waals surface area contributed by atoms with E-state index >= 15 is 0 Å². The number of nitrogens with zero attached hydrogens (tertiary/aromatic N) is 2. The number of amides is 1. The van der Waals surface area contributed by atoms with Gasteiger partial charge in [0.25, 0.3) is 0 Å². The van der Waals surface area contributed by atoms with Gasteiger partial charge in [-0.3, -0.25) is 9.48 Å². The van der Waals surface area contributed by atoms with Crippen LogP contribution in [0.1, 0.15) is 17.0 Å². The van der Waals surface area contributed by atoms with E-state index in [4.69, 9.17) is 0 Å². The number of carbonyl (C=O) groups is 1. The Kier molecular flexibility index (Phi) is 5.36. The van der Waals surface area contributed by atoms with E-state index in [0.29, 0.717) is 15.9 Å². The van der Waals surface area contributed by atoms with Crippen molar-refractivity contribution in [2.24, 2.45) is 0 Å². The first kappa shape index (κ1) is 20.2. The summed E-state index contributed by atoms with van der Waals surface area (Å²) in [5.41, 5.74) is -3.39. The Morgan fingerprint density at radius 2 is 1.58 bits per heavy atom. The minimum atomic E-state index is -5.66. The Morgan fingerprint density at radius 3 is 1.96 bits per heavy atom. The Hall–Kier alpha value is -2.11. The smallest absolute Gasteiger partial charge is 0.319 e. The molecule has 0 spiro atoms. The summed E-state index contributed by atoms with van der Waals surface area (Å²) < 4.78 is 93.8. The van der Waals surface area contributed by atoms with Gasteiger partial charge in [-0.05, 0) is 29.8 Å². The monoisotopic (exact) mass is 447 g/mol. The number of aromatic nitrogens is 2. The average molecular weight is 448 g/mol. The largest absolute Gasteiger partial charge is 0.422 e. The van der Waals surface area contributed by atoms with E-state index in [1.165, 1.54) is 5.32 Å². The number of benzene rings is 1. The molecule has 1 heterocycles. The van der Waals surface area contributed by atoms with E-state index < -0.39 is 53.1 Å². The Balaban J connectivity index is 2.38. The van der Waals surface area contributed by atoms with Gasteiger partial charge >= 0.3 is 6.18 Å². The van der Waals surface area contributed by atoms with Crippen LogP contribution in [0.2, 0.25) is 0 Å². The van der Waals surface area contributed by atoms with Crippen LogP contribution in [-0.2, 0) is 17.5 Å². The second kappa shape index (κ2) is 6.89. The van der Waals surface area contributed by atoms with Gasteiger partial charge in [0.15, 0.2) is 23.3 Å². The number of alkyl halides is 3. The highest BCUT2D eigenvalue weighted by Crippen LogP contribution is 2.38. The van der Waals surface area contributed by atoms with Crippen molar-refractivity contribution < 1.29 is 35.5 Å². The molecule has 1 amide bonds. The summed E-state index contributed by atoms with van der Waals surface area (Å²) in [5, 5.41) is 5.47. The van der Waals surface area contributed by atoms with Gasteiger partial charge < -0.3 is 5.32 Å². The topological polar surface area (TPSA) is 46.9 Å². The summed E-state index contributed by atoms with van der Waals surface area (Å²) >= 11 is 3.18. The molecule has 2 rings (SSSR count).